The third kappa shape index (κ3) is 2.30. The van der Waals surface area contributed by atoms with Gasteiger partial charge in [0, 0.05) is 5.02 Å². The molecule has 0 N–H and O–H groups in total. The molecular weight excluding hydrogens is 262 g/mol. The maximum Gasteiger partial charge on any atom is 0.117 e. The van der Waals surface area contributed by atoms with Crippen LogP contribution in [0.5, 0.6) is 0 Å². The van der Waals surface area contributed by atoms with E-state index in [0.29, 0.717) is 0 Å². The first-order valence-corrected chi connectivity index (χ1v) is 6.80. The molecule has 0 unspecified atom stereocenters. The van der Waals surface area contributed by atoms with Crippen LogP contribution in [0.3, 0.4) is 0 Å². The summed E-state index contributed by atoms with van der Waals surface area (Å²) in [6.45, 7) is 0. The Morgan fingerprint density at radius 1 is 0.944 bits per heavy atom. The van der Waals surface area contributed by atoms with Crippen molar-refractivity contribution in [2.45, 2.75) is 0 Å². The van der Waals surface area contributed by atoms with Gasteiger partial charge in [-0.25, -0.2) is 4.98 Å². The summed E-state index contributed by atoms with van der Waals surface area (Å²) in [7, 11) is 0. The van der Waals surface area contributed by atoms with E-state index >= 15 is 0 Å². The van der Waals surface area contributed by atoms with Crippen LogP contribution in [0.25, 0.3) is 22.4 Å². The lowest BCUT2D eigenvalue weighted by Crippen LogP contribution is -1.73. The van der Waals surface area contributed by atoms with Crippen molar-refractivity contribution in [3.8, 4) is 0 Å². The summed E-state index contributed by atoms with van der Waals surface area (Å²) in [5.41, 5.74) is 2.06. The van der Waals surface area contributed by atoms with Crippen LogP contribution in [-0.2, 0) is 0 Å². The van der Waals surface area contributed by atoms with Crippen LogP contribution in [-0.4, -0.2) is 4.98 Å². The zero-order valence-corrected chi connectivity index (χ0v) is 11.1. The average Bonchev–Trinajstić information content (AvgIpc) is 2.80. The second-order valence-corrected chi connectivity index (χ2v) is 5.34. The number of thiazole rings is 1. The number of rotatable bonds is 2. The monoisotopic (exact) mass is 271 g/mol. The minimum Gasteiger partial charge on any atom is -0.237 e. The van der Waals surface area contributed by atoms with Gasteiger partial charge in [-0.3, -0.25) is 0 Å². The van der Waals surface area contributed by atoms with Gasteiger partial charge < -0.3 is 0 Å². The topological polar surface area (TPSA) is 12.9 Å². The van der Waals surface area contributed by atoms with Crippen LogP contribution in [0.15, 0.2) is 48.5 Å². The van der Waals surface area contributed by atoms with Crippen molar-refractivity contribution in [1.82, 2.24) is 4.98 Å². The van der Waals surface area contributed by atoms with Crippen molar-refractivity contribution < 1.29 is 0 Å². The van der Waals surface area contributed by atoms with E-state index in [1.54, 1.807) is 11.3 Å². The molecule has 3 heteroatoms. The number of para-hydroxylation sites is 1. The minimum absolute atomic E-state index is 0.759. The zero-order valence-electron chi connectivity index (χ0n) is 9.51. The molecule has 2 aromatic carbocycles. The van der Waals surface area contributed by atoms with Crippen molar-refractivity contribution >= 4 is 45.3 Å². The van der Waals surface area contributed by atoms with Crippen LogP contribution < -0.4 is 0 Å². The molecule has 0 amide bonds. The molecule has 0 saturated heterocycles. The number of hydrogen-bond acceptors (Lipinski definition) is 2. The normalized spacial score (nSPS) is 11.4. The van der Waals surface area contributed by atoms with E-state index in [4.69, 9.17) is 11.6 Å². The predicted molar refractivity (Wildman–Crippen MR) is 80.0 cm³/mol. The SMILES string of the molecule is Clc1ccccc1/C=C\c1nc2ccccc2s1. The zero-order chi connectivity index (χ0) is 12.4. The highest BCUT2D eigenvalue weighted by molar-refractivity contribution is 7.19. The number of aromatic nitrogens is 1. The Kier molecular flexibility index (Phi) is 3.13. The number of hydrogen-bond donors (Lipinski definition) is 0. The first-order valence-electron chi connectivity index (χ1n) is 5.61. The summed E-state index contributed by atoms with van der Waals surface area (Å²) in [5, 5.41) is 1.76. The molecule has 18 heavy (non-hydrogen) atoms. The third-order valence-corrected chi connectivity index (χ3v) is 3.97. The second-order valence-electron chi connectivity index (χ2n) is 3.87. The Hall–Kier alpha value is -1.64. The fourth-order valence-corrected chi connectivity index (χ4v) is 2.80. The van der Waals surface area contributed by atoms with Gasteiger partial charge in [-0.15, -0.1) is 11.3 Å². The molecule has 1 nitrogen and oxygen atoms in total. The van der Waals surface area contributed by atoms with Crippen molar-refractivity contribution in [1.29, 1.82) is 0 Å². The predicted octanol–water partition coefficient (Wildman–Crippen LogP) is 5.12. The molecule has 0 aliphatic heterocycles. The molecule has 0 atom stereocenters. The first kappa shape index (κ1) is 11.5. The lowest BCUT2D eigenvalue weighted by atomic mass is 10.2. The average molecular weight is 272 g/mol. The summed E-state index contributed by atoms with van der Waals surface area (Å²) >= 11 is 7.78. The molecule has 0 fully saturated rings. The summed E-state index contributed by atoms with van der Waals surface area (Å²) in [4.78, 5) is 4.55. The molecular formula is C15H10ClNS. The fraction of sp³-hybridized carbons (Fsp3) is 0. The number of halogens is 1. The van der Waals surface area contributed by atoms with Crippen LogP contribution in [0.2, 0.25) is 5.02 Å². The van der Waals surface area contributed by atoms with Crippen LogP contribution in [0, 0.1) is 0 Å². The van der Waals surface area contributed by atoms with E-state index in [1.165, 1.54) is 4.70 Å². The molecule has 0 aliphatic rings. The Balaban J connectivity index is 1.95. The maximum atomic E-state index is 6.10. The molecule has 1 aromatic heterocycles. The van der Waals surface area contributed by atoms with Gasteiger partial charge in [0.15, 0.2) is 0 Å². The van der Waals surface area contributed by atoms with E-state index < -0.39 is 0 Å². The van der Waals surface area contributed by atoms with Gasteiger partial charge >= 0.3 is 0 Å². The summed E-state index contributed by atoms with van der Waals surface area (Å²) in [6.07, 6.45) is 4.01. The molecule has 0 bridgehead atoms. The lowest BCUT2D eigenvalue weighted by Gasteiger charge is -1.94. The minimum atomic E-state index is 0.759. The van der Waals surface area contributed by atoms with Gasteiger partial charge in [0.25, 0.3) is 0 Å². The lowest BCUT2D eigenvalue weighted by molar-refractivity contribution is 1.46. The van der Waals surface area contributed by atoms with E-state index in [1.807, 2.05) is 54.6 Å². The summed E-state index contributed by atoms with van der Waals surface area (Å²) in [6, 6.07) is 15.9. The van der Waals surface area contributed by atoms with Gasteiger partial charge in [-0.2, -0.15) is 0 Å². The molecule has 1 heterocycles. The van der Waals surface area contributed by atoms with Gasteiger partial charge in [0.1, 0.15) is 5.01 Å². The summed E-state index contributed by atoms with van der Waals surface area (Å²) < 4.78 is 1.20. The van der Waals surface area contributed by atoms with Crippen molar-refractivity contribution in [3.05, 3.63) is 64.1 Å². The fourth-order valence-electron chi connectivity index (χ4n) is 1.73. The van der Waals surface area contributed by atoms with Crippen LogP contribution in [0.4, 0.5) is 0 Å². The van der Waals surface area contributed by atoms with Gasteiger partial charge in [0.05, 0.1) is 10.2 Å². The Labute approximate surface area is 114 Å². The highest BCUT2D eigenvalue weighted by Gasteiger charge is 2.00. The molecule has 0 radical (unpaired) electrons. The molecule has 0 saturated carbocycles. The van der Waals surface area contributed by atoms with Crippen molar-refractivity contribution in [2.75, 3.05) is 0 Å². The largest absolute Gasteiger partial charge is 0.237 e. The van der Waals surface area contributed by atoms with Crippen molar-refractivity contribution in [3.63, 3.8) is 0 Å². The van der Waals surface area contributed by atoms with Gasteiger partial charge in [0.2, 0.25) is 0 Å². The quantitative estimate of drug-likeness (QED) is 0.630. The molecule has 0 spiro atoms. The second kappa shape index (κ2) is 4.92. The Morgan fingerprint density at radius 2 is 1.72 bits per heavy atom. The van der Waals surface area contributed by atoms with Gasteiger partial charge in [-0.1, -0.05) is 48.0 Å². The highest BCUT2D eigenvalue weighted by atomic mass is 35.5. The van der Waals surface area contributed by atoms with E-state index in [9.17, 15) is 0 Å². The van der Waals surface area contributed by atoms with Gasteiger partial charge in [-0.05, 0) is 29.8 Å². The molecule has 3 aromatic rings. The van der Waals surface area contributed by atoms with Crippen molar-refractivity contribution in [2.24, 2.45) is 0 Å². The van der Waals surface area contributed by atoms with Crippen LogP contribution >= 0.6 is 22.9 Å². The summed E-state index contributed by atoms with van der Waals surface area (Å²) in [5.74, 6) is 0. The van der Waals surface area contributed by atoms with Crippen LogP contribution in [0.1, 0.15) is 10.6 Å². The Morgan fingerprint density at radius 3 is 2.56 bits per heavy atom. The van der Waals surface area contributed by atoms with E-state index in [0.717, 1.165) is 21.1 Å². The van der Waals surface area contributed by atoms with E-state index in [2.05, 4.69) is 11.1 Å². The first-order chi connectivity index (χ1) is 8.83. The third-order valence-electron chi connectivity index (χ3n) is 2.62. The number of benzene rings is 2. The molecule has 3 rings (SSSR count). The Bertz CT molecular complexity index is 682. The van der Waals surface area contributed by atoms with E-state index in [-0.39, 0.29) is 0 Å². The molecule has 0 aliphatic carbocycles. The maximum absolute atomic E-state index is 6.10. The number of nitrogens with zero attached hydrogens (tertiary/aromatic N) is 1. The highest BCUT2D eigenvalue weighted by Crippen LogP contribution is 2.24. The smallest absolute Gasteiger partial charge is 0.117 e. The standard InChI is InChI=1S/C15H10ClNS/c16-12-6-2-1-5-11(12)9-10-15-17-13-7-3-4-8-14(13)18-15/h1-10H/b10-9-. The molecule has 88 valence electrons. The number of fused-ring (bicyclic) bond motifs is 1.